The van der Waals surface area contributed by atoms with Crippen molar-refractivity contribution in [2.75, 3.05) is 0 Å². The van der Waals surface area contributed by atoms with Gasteiger partial charge in [0.15, 0.2) is 0 Å². The Balaban J connectivity index is 2.35. The van der Waals surface area contributed by atoms with Crippen LogP contribution in [-0.2, 0) is 14.8 Å². The Labute approximate surface area is 123 Å². The average molecular weight is 317 g/mol. The average Bonchev–Trinajstić information content (AvgIpc) is 2.70. The maximum atomic E-state index is 12.5. The van der Waals surface area contributed by atoms with E-state index in [0.717, 1.165) is 24.1 Å². The van der Waals surface area contributed by atoms with Crippen LogP contribution in [0.25, 0.3) is 0 Å². The molecule has 0 amide bonds. The summed E-state index contributed by atoms with van der Waals surface area (Å²) >= 11 is 1.40. The maximum Gasteiger partial charge on any atom is 0.324 e. The fraction of sp³-hybridized carbons (Fsp3) is 0.615. The van der Waals surface area contributed by atoms with Crippen LogP contribution in [0.3, 0.4) is 0 Å². The molecule has 7 heteroatoms. The van der Waals surface area contributed by atoms with Crippen LogP contribution < -0.4 is 4.72 Å². The largest absolute Gasteiger partial charge is 0.480 e. The predicted octanol–water partition coefficient (Wildman–Crippen LogP) is 2.43. The molecule has 0 aromatic carbocycles. The van der Waals surface area contributed by atoms with E-state index >= 15 is 0 Å². The Hall–Kier alpha value is -0.920. The molecule has 0 saturated heterocycles. The highest BCUT2D eigenvalue weighted by atomic mass is 32.2. The van der Waals surface area contributed by atoms with Gasteiger partial charge in [0.2, 0.25) is 10.0 Å². The number of carboxylic acids is 1. The van der Waals surface area contributed by atoms with Crippen molar-refractivity contribution in [2.45, 2.75) is 56.4 Å². The van der Waals surface area contributed by atoms with Gasteiger partial charge in [-0.15, -0.1) is 11.3 Å². The van der Waals surface area contributed by atoms with E-state index in [4.69, 9.17) is 0 Å². The van der Waals surface area contributed by atoms with Gasteiger partial charge in [0, 0.05) is 9.75 Å². The van der Waals surface area contributed by atoms with Crippen molar-refractivity contribution in [3.05, 3.63) is 15.8 Å². The third-order valence-corrected chi connectivity index (χ3v) is 6.49. The number of aryl methyl sites for hydroxylation is 2. The van der Waals surface area contributed by atoms with Crippen molar-refractivity contribution >= 4 is 27.3 Å². The van der Waals surface area contributed by atoms with E-state index < -0.39 is 21.5 Å². The molecule has 20 heavy (non-hydrogen) atoms. The van der Waals surface area contributed by atoms with Crippen LogP contribution in [0.5, 0.6) is 0 Å². The second-order valence-corrected chi connectivity index (χ2v) is 8.44. The molecular formula is C13H19NO4S2. The number of carbonyl (C=O) groups is 1. The number of aliphatic carboxylic acids is 1. The molecule has 112 valence electrons. The van der Waals surface area contributed by atoms with Gasteiger partial charge in [-0.05, 0) is 32.8 Å². The third kappa shape index (κ3) is 2.89. The number of hydrogen-bond acceptors (Lipinski definition) is 4. The van der Waals surface area contributed by atoms with E-state index in [1.54, 1.807) is 13.0 Å². The highest BCUT2D eigenvalue weighted by Gasteiger charge is 2.43. The molecule has 1 fully saturated rings. The van der Waals surface area contributed by atoms with Crippen LogP contribution >= 0.6 is 11.3 Å². The Bertz CT molecular complexity index is 612. The molecule has 0 aliphatic heterocycles. The number of rotatable bonds is 4. The summed E-state index contributed by atoms with van der Waals surface area (Å²) in [5, 5.41) is 9.45. The number of carboxylic acid groups (broad SMARTS) is 1. The lowest BCUT2D eigenvalue weighted by Gasteiger charge is -2.33. The van der Waals surface area contributed by atoms with Crippen molar-refractivity contribution in [1.82, 2.24) is 4.72 Å². The Morgan fingerprint density at radius 3 is 2.35 bits per heavy atom. The van der Waals surface area contributed by atoms with Crippen LogP contribution in [0.1, 0.15) is 41.9 Å². The first kappa shape index (κ1) is 15.5. The standard InChI is InChI=1S/C13H19NO4S2/c1-9-8-11(10(2)19-9)20(17,18)14-13(12(15)16)6-4-3-5-7-13/h8,14H,3-7H2,1-2H3,(H,15,16). The number of thiophene rings is 1. The van der Waals surface area contributed by atoms with Crippen molar-refractivity contribution in [3.8, 4) is 0 Å². The van der Waals surface area contributed by atoms with Gasteiger partial charge in [0.25, 0.3) is 0 Å². The summed E-state index contributed by atoms with van der Waals surface area (Å²) in [6.07, 6.45) is 3.12. The molecule has 1 heterocycles. The van der Waals surface area contributed by atoms with Crippen molar-refractivity contribution in [2.24, 2.45) is 0 Å². The van der Waals surface area contributed by atoms with Gasteiger partial charge in [-0.2, -0.15) is 4.72 Å². The Morgan fingerprint density at radius 2 is 1.90 bits per heavy atom. The summed E-state index contributed by atoms with van der Waals surface area (Å²) in [6, 6.07) is 1.60. The van der Waals surface area contributed by atoms with E-state index in [-0.39, 0.29) is 4.90 Å². The lowest BCUT2D eigenvalue weighted by Crippen LogP contribution is -2.55. The van der Waals surface area contributed by atoms with Crippen LogP contribution in [-0.4, -0.2) is 25.0 Å². The predicted molar refractivity (Wildman–Crippen MR) is 77.6 cm³/mol. The van der Waals surface area contributed by atoms with Crippen molar-refractivity contribution in [3.63, 3.8) is 0 Å². The minimum atomic E-state index is -3.79. The zero-order chi connectivity index (χ0) is 15.0. The molecule has 5 nitrogen and oxygen atoms in total. The minimum absolute atomic E-state index is 0.200. The normalized spacial score (nSPS) is 18.9. The summed E-state index contributed by atoms with van der Waals surface area (Å²) in [7, 11) is -3.79. The second-order valence-electron chi connectivity index (χ2n) is 5.33. The van der Waals surface area contributed by atoms with E-state index in [1.165, 1.54) is 11.3 Å². The zero-order valence-electron chi connectivity index (χ0n) is 11.6. The minimum Gasteiger partial charge on any atom is -0.480 e. The summed E-state index contributed by atoms with van der Waals surface area (Å²) < 4.78 is 27.4. The maximum absolute atomic E-state index is 12.5. The lowest BCUT2D eigenvalue weighted by molar-refractivity contribution is -0.145. The molecular weight excluding hydrogens is 298 g/mol. The smallest absolute Gasteiger partial charge is 0.324 e. The molecule has 0 bridgehead atoms. The van der Waals surface area contributed by atoms with Crippen molar-refractivity contribution in [1.29, 1.82) is 0 Å². The molecule has 2 rings (SSSR count). The van der Waals surface area contributed by atoms with Crippen LogP contribution in [0.15, 0.2) is 11.0 Å². The number of hydrogen-bond donors (Lipinski definition) is 2. The second kappa shape index (κ2) is 5.46. The topological polar surface area (TPSA) is 83.5 Å². The number of nitrogens with one attached hydrogen (secondary N) is 1. The lowest BCUT2D eigenvalue weighted by atomic mass is 9.83. The first-order valence-corrected chi connectivity index (χ1v) is 8.91. The Morgan fingerprint density at radius 1 is 1.30 bits per heavy atom. The highest BCUT2D eigenvalue weighted by Crippen LogP contribution is 2.32. The van der Waals surface area contributed by atoms with Gasteiger partial charge >= 0.3 is 5.97 Å². The summed E-state index contributed by atoms with van der Waals surface area (Å²) in [5.41, 5.74) is -1.35. The van der Waals surface area contributed by atoms with Crippen LogP contribution in [0.4, 0.5) is 0 Å². The van der Waals surface area contributed by atoms with Gasteiger partial charge < -0.3 is 5.11 Å². The zero-order valence-corrected chi connectivity index (χ0v) is 13.2. The molecule has 0 atom stereocenters. The summed E-state index contributed by atoms with van der Waals surface area (Å²) in [6.45, 7) is 3.57. The molecule has 1 aliphatic rings. The molecule has 1 aromatic rings. The van der Waals surface area contributed by atoms with Crippen LogP contribution in [0, 0.1) is 13.8 Å². The van der Waals surface area contributed by atoms with E-state index in [9.17, 15) is 18.3 Å². The molecule has 1 aromatic heterocycles. The fourth-order valence-corrected chi connectivity index (χ4v) is 5.68. The molecule has 1 saturated carbocycles. The first-order valence-electron chi connectivity index (χ1n) is 6.61. The van der Waals surface area contributed by atoms with Gasteiger partial charge in [-0.1, -0.05) is 19.3 Å². The van der Waals surface area contributed by atoms with Gasteiger partial charge in [-0.3, -0.25) is 4.79 Å². The number of sulfonamides is 1. The van der Waals surface area contributed by atoms with Crippen LogP contribution in [0.2, 0.25) is 0 Å². The molecule has 0 radical (unpaired) electrons. The van der Waals surface area contributed by atoms with E-state index in [1.807, 2.05) is 6.92 Å². The van der Waals surface area contributed by atoms with E-state index in [0.29, 0.717) is 17.7 Å². The Kier molecular flexibility index (Phi) is 4.22. The van der Waals surface area contributed by atoms with Crippen molar-refractivity contribution < 1.29 is 18.3 Å². The summed E-state index contributed by atoms with van der Waals surface area (Å²) in [5.74, 6) is -1.08. The molecule has 0 spiro atoms. The fourth-order valence-electron chi connectivity index (χ4n) is 2.70. The molecule has 1 aliphatic carbocycles. The van der Waals surface area contributed by atoms with E-state index in [2.05, 4.69) is 4.72 Å². The quantitative estimate of drug-likeness (QED) is 0.893. The van der Waals surface area contributed by atoms with Gasteiger partial charge in [0.05, 0.1) is 4.90 Å². The molecule has 2 N–H and O–H groups in total. The summed E-state index contributed by atoms with van der Waals surface area (Å²) in [4.78, 5) is 13.3. The van der Waals surface area contributed by atoms with Gasteiger partial charge in [0.1, 0.15) is 5.54 Å². The first-order chi connectivity index (χ1) is 9.27. The SMILES string of the molecule is Cc1cc(S(=O)(=O)NC2(C(=O)O)CCCCC2)c(C)s1. The molecule has 0 unspecified atom stereocenters. The monoisotopic (exact) mass is 317 g/mol. The highest BCUT2D eigenvalue weighted by molar-refractivity contribution is 7.89. The third-order valence-electron chi connectivity index (χ3n) is 3.73. The van der Waals surface area contributed by atoms with Gasteiger partial charge in [-0.25, -0.2) is 8.42 Å².